The molecule has 6 nitrogen and oxygen atoms in total. The Balaban J connectivity index is 1.67. The van der Waals surface area contributed by atoms with Crippen molar-refractivity contribution in [1.82, 2.24) is 5.32 Å². The summed E-state index contributed by atoms with van der Waals surface area (Å²) in [6.45, 7) is 1.48. The number of hydrogen-bond acceptors (Lipinski definition) is 5. The number of sulfone groups is 1. The number of rotatable bonds is 5. The van der Waals surface area contributed by atoms with Gasteiger partial charge in [-0.15, -0.1) is 0 Å². The maximum Gasteiger partial charge on any atom is 0.317 e. The van der Waals surface area contributed by atoms with E-state index in [0.29, 0.717) is 24.8 Å². The molecule has 0 spiro atoms. The Morgan fingerprint density at radius 1 is 1.22 bits per heavy atom. The number of nitrogens with one attached hydrogen (secondary N) is 1. The zero-order chi connectivity index (χ0) is 19.7. The third-order valence-corrected chi connectivity index (χ3v) is 7.24. The van der Waals surface area contributed by atoms with Gasteiger partial charge in [0.2, 0.25) is 0 Å². The first-order chi connectivity index (χ1) is 12.7. The van der Waals surface area contributed by atoms with Crippen LogP contribution in [0.2, 0.25) is 0 Å². The van der Waals surface area contributed by atoms with Gasteiger partial charge >= 0.3 is 5.97 Å². The minimum atomic E-state index is -3.11. The van der Waals surface area contributed by atoms with Crippen LogP contribution in [-0.2, 0) is 29.6 Å². The summed E-state index contributed by atoms with van der Waals surface area (Å²) in [7, 11) is -3.11. The van der Waals surface area contributed by atoms with Gasteiger partial charge in [-0.05, 0) is 43.9 Å². The van der Waals surface area contributed by atoms with Gasteiger partial charge in [0.25, 0.3) is 5.91 Å². The quantitative estimate of drug-likeness (QED) is 0.766. The number of carbonyl (C=O) groups excluding carboxylic acids is 2. The molecule has 1 aliphatic carbocycles. The molecular weight excluding hydrogens is 373 g/mol. The zero-order valence-electron chi connectivity index (χ0n) is 15.2. The molecule has 8 heteroatoms. The van der Waals surface area contributed by atoms with Crippen molar-refractivity contribution in [2.24, 2.45) is 0 Å². The molecule has 1 saturated heterocycles. The predicted octanol–water partition coefficient (Wildman–Crippen LogP) is 1.87. The second-order valence-electron chi connectivity index (χ2n) is 7.45. The fraction of sp³-hybridized carbons (Fsp3) is 0.579. The zero-order valence-corrected chi connectivity index (χ0v) is 16.1. The molecule has 1 aliphatic heterocycles. The van der Waals surface area contributed by atoms with Crippen molar-refractivity contribution >= 4 is 21.7 Å². The van der Waals surface area contributed by atoms with Crippen LogP contribution >= 0.6 is 0 Å². The maximum atomic E-state index is 13.3. The molecule has 0 unspecified atom stereocenters. The Morgan fingerprint density at radius 2 is 1.85 bits per heavy atom. The van der Waals surface area contributed by atoms with Crippen LogP contribution in [0.4, 0.5) is 4.39 Å². The lowest BCUT2D eigenvalue weighted by atomic mass is 9.79. The second-order valence-corrected chi connectivity index (χ2v) is 9.68. The van der Waals surface area contributed by atoms with Crippen molar-refractivity contribution in [2.45, 2.75) is 56.6 Å². The normalized spacial score (nSPS) is 24.3. The van der Waals surface area contributed by atoms with Gasteiger partial charge in [0, 0.05) is 6.04 Å². The largest absolute Gasteiger partial charge is 0.452 e. The highest BCUT2D eigenvalue weighted by Gasteiger charge is 2.45. The van der Waals surface area contributed by atoms with Gasteiger partial charge in [0.15, 0.2) is 15.9 Å². The molecule has 1 heterocycles. The third kappa shape index (κ3) is 4.31. The lowest BCUT2D eigenvalue weighted by molar-refractivity contribution is -0.160. The molecule has 148 valence electrons. The van der Waals surface area contributed by atoms with Gasteiger partial charge in [-0.2, -0.15) is 0 Å². The molecule has 0 bridgehead atoms. The van der Waals surface area contributed by atoms with Crippen molar-refractivity contribution in [2.75, 3.05) is 11.5 Å². The number of halogens is 1. The molecule has 27 heavy (non-hydrogen) atoms. The van der Waals surface area contributed by atoms with E-state index >= 15 is 0 Å². The van der Waals surface area contributed by atoms with Crippen LogP contribution in [0.25, 0.3) is 0 Å². The monoisotopic (exact) mass is 397 g/mol. The van der Waals surface area contributed by atoms with Crippen LogP contribution < -0.4 is 5.32 Å². The number of esters is 1. The van der Waals surface area contributed by atoms with E-state index in [2.05, 4.69) is 5.32 Å². The highest BCUT2D eigenvalue weighted by molar-refractivity contribution is 7.91. The molecule has 3 rings (SSSR count). The molecule has 2 atom stereocenters. The van der Waals surface area contributed by atoms with E-state index in [9.17, 15) is 22.4 Å². The number of hydrogen-bond donors (Lipinski definition) is 1. The van der Waals surface area contributed by atoms with Crippen molar-refractivity contribution in [1.29, 1.82) is 0 Å². The van der Waals surface area contributed by atoms with Gasteiger partial charge in [-0.1, -0.05) is 25.0 Å². The summed E-state index contributed by atoms with van der Waals surface area (Å²) in [5.41, 5.74) is -0.167. The van der Waals surface area contributed by atoms with Gasteiger partial charge in [0.1, 0.15) is 5.82 Å². The number of amides is 1. The predicted molar refractivity (Wildman–Crippen MR) is 97.3 cm³/mol. The molecule has 2 aliphatic rings. The summed E-state index contributed by atoms with van der Waals surface area (Å²) < 4.78 is 41.7. The topological polar surface area (TPSA) is 89.5 Å². The van der Waals surface area contributed by atoms with Crippen LogP contribution in [0.5, 0.6) is 0 Å². The summed E-state index contributed by atoms with van der Waals surface area (Å²) in [5.74, 6) is -1.40. The minimum Gasteiger partial charge on any atom is -0.452 e. The van der Waals surface area contributed by atoms with Crippen LogP contribution in [0.15, 0.2) is 24.3 Å². The lowest BCUT2D eigenvalue weighted by Gasteiger charge is -2.29. The molecule has 1 saturated carbocycles. The van der Waals surface area contributed by atoms with Crippen molar-refractivity contribution in [3.8, 4) is 0 Å². The highest BCUT2D eigenvalue weighted by Crippen LogP contribution is 2.42. The van der Waals surface area contributed by atoms with Gasteiger partial charge < -0.3 is 10.1 Å². The third-order valence-electron chi connectivity index (χ3n) is 5.48. The van der Waals surface area contributed by atoms with E-state index in [1.807, 2.05) is 0 Å². The Labute approximate surface area is 158 Å². The van der Waals surface area contributed by atoms with E-state index in [1.54, 1.807) is 12.1 Å². The first kappa shape index (κ1) is 19.8. The van der Waals surface area contributed by atoms with Crippen molar-refractivity contribution < 1.29 is 27.1 Å². The fourth-order valence-electron chi connectivity index (χ4n) is 3.91. The Kier molecular flexibility index (Phi) is 5.55. The smallest absolute Gasteiger partial charge is 0.317 e. The Morgan fingerprint density at radius 3 is 2.41 bits per heavy atom. The van der Waals surface area contributed by atoms with E-state index in [-0.39, 0.29) is 17.3 Å². The fourth-order valence-corrected chi connectivity index (χ4v) is 5.59. The highest BCUT2D eigenvalue weighted by atomic mass is 32.2. The molecule has 0 aromatic heterocycles. The molecule has 1 N–H and O–H groups in total. The molecule has 1 amide bonds. The summed E-state index contributed by atoms with van der Waals surface area (Å²) >= 11 is 0. The van der Waals surface area contributed by atoms with Crippen LogP contribution in [0.1, 0.15) is 44.6 Å². The number of ether oxygens (including phenoxy) is 1. The van der Waals surface area contributed by atoms with Gasteiger partial charge in [0.05, 0.1) is 16.9 Å². The van der Waals surface area contributed by atoms with E-state index in [1.165, 1.54) is 19.1 Å². The molecule has 1 aromatic rings. The maximum absolute atomic E-state index is 13.3. The standard InChI is InChI=1S/C19H24FNO5S/c1-13(17(22)21-16-8-11-27(24,25)12-16)26-18(23)19(9-2-3-10-19)14-4-6-15(20)7-5-14/h4-7,13,16H,2-3,8-12H2,1H3,(H,21,22)/t13-,16+/m1/s1. The summed E-state index contributed by atoms with van der Waals surface area (Å²) in [5, 5.41) is 2.65. The summed E-state index contributed by atoms with van der Waals surface area (Å²) in [4.78, 5) is 25.2. The van der Waals surface area contributed by atoms with Crippen LogP contribution in [0, 0.1) is 5.82 Å². The van der Waals surface area contributed by atoms with Gasteiger partial charge in [-0.25, -0.2) is 12.8 Å². The molecule has 0 radical (unpaired) electrons. The van der Waals surface area contributed by atoms with Crippen LogP contribution in [-0.4, -0.2) is 43.9 Å². The van der Waals surface area contributed by atoms with Crippen LogP contribution in [0.3, 0.4) is 0 Å². The second kappa shape index (κ2) is 7.58. The first-order valence-electron chi connectivity index (χ1n) is 9.20. The molecular formula is C19H24FNO5S. The average molecular weight is 397 g/mol. The van der Waals surface area contributed by atoms with Gasteiger partial charge in [-0.3, -0.25) is 9.59 Å². The van der Waals surface area contributed by atoms with Crippen molar-refractivity contribution in [3.63, 3.8) is 0 Å². The molecule has 2 fully saturated rings. The van der Waals surface area contributed by atoms with E-state index in [0.717, 1.165) is 12.8 Å². The lowest BCUT2D eigenvalue weighted by Crippen LogP contribution is -2.45. The SMILES string of the molecule is C[C@@H](OC(=O)C1(c2ccc(F)cc2)CCCC1)C(=O)N[C@H]1CCS(=O)(=O)C1. The van der Waals surface area contributed by atoms with Crippen molar-refractivity contribution in [3.05, 3.63) is 35.6 Å². The number of benzene rings is 1. The minimum absolute atomic E-state index is 0.0554. The summed E-state index contributed by atoms with van der Waals surface area (Å²) in [6, 6.07) is 5.38. The van der Waals surface area contributed by atoms with E-state index < -0.39 is 39.3 Å². The number of carbonyl (C=O) groups is 2. The Hall–Kier alpha value is -1.96. The molecule has 1 aromatic carbocycles. The first-order valence-corrected chi connectivity index (χ1v) is 11.0. The summed E-state index contributed by atoms with van der Waals surface area (Å²) in [6.07, 6.45) is 2.23. The Bertz CT molecular complexity index is 815. The average Bonchev–Trinajstić information content (AvgIpc) is 3.23. The van der Waals surface area contributed by atoms with E-state index in [4.69, 9.17) is 4.74 Å².